The first kappa shape index (κ1) is 20.8. The molecule has 0 unspecified atom stereocenters. The Morgan fingerprint density at radius 3 is 2.68 bits per heavy atom. The van der Waals surface area contributed by atoms with Crippen molar-refractivity contribution in [2.45, 2.75) is 26.8 Å². The van der Waals surface area contributed by atoms with Crippen LogP contribution in [0.5, 0.6) is 5.75 Å². The monoisotopic (exact) mass is 433 g/mol. The maximum Gasteiger partial charge on any atom is 0.263 e. The fourth-order valence-corrected chi connectivity index (χ4v) is 4.21. The molecular weight excluding hydrogens is 410 g/mol. The summed E-state index contributed by atoms with van der Waals surface area (Å²) >= 11 is 1.42. The molecule has 2 aromatic heterocycles. The molecule has 4 aromatic rings. The molecule has 2 aromatic carbocycles. The molecule has 0 spiro atoms. The SMILES string of the molecule is CCCOc1ccc(-c2csc3ncn(CC(=O)Nc4ccccc4C)c(=O)c23)cc1. The van der Waals surface area contributed by atoms with Crippen LogP contribution in [0.4, 0.5) is 5.69 Å². The molecule has 0 fully saturated rings. The van der Waals surface area contributed by atoms with Gasteiger partial charge >= 0.3 is 0 Å². The van der Waals surface area contributed by atoms with Gasteiger partial charge in [0.25, 0.3) is 5.56 Å². The summed E-state index contributed by atoms with van der Waals surface area (Å²) in [6.07, 6.45) is 2.38. The highest BCUT2D eigenvalue weighted by atomic mass is 32.1. The number of hydrogen-bond donors (Lipinski definition) is 1. The molecule has 0 radical (unpaired) electrons. The minimum absolute atomic E-state index is 0.102. The molecular formula is C24H23N3O3S. The summed E-state index contributed by atoms with van der Waals surface area (Å²) in [5, 5.41) is 5.31. The van der Waals surface area contributed by atoms with E-state index in [0.29, 0.717) is 16.8 Å². The molecule has 0 aliphatic heterocycles. The maximum atomic E-state index is 13.2. The number of rotatable bonds is 7. The molecule has 2 heterocycles. The quantitative estimate of drug-likeness (QED) is 0.452. The highest BCUT2D eigenvalue weighted by molar-refractivity contribution is 7.17. The van der Waals surface area contributed by atoms with Crippen molar-refractivity contribution in [3.63, 3.8) is 0 Å². The number of para-hydroxylation sites is 1. The van der Waals surface area contributed by atoms with Gasteiger partial charge in [-0.1, -0.05) is 37.3 Å². The predicted octanol–water partition coefficient (Wildman–Crippen LogP) is 4.86. The van der Waals surface area contributed by atoms with Gasteiger partial charge in [-0.25, -0.2) is 4.98 Å². The van der Waals surface area contributed by atoms with Crippen molar-refractivity contribution < 1.29 is 9.53 Å². The number of amides is 1. The summed E-state index contributed by atoms with van der Waals surface area (Å²) in [6, 6.07) is 15.2. The molecule has 31 heavy (non-hydrogen) atoms. The molecule has 0 saturated carbocycles. The number of fused-ring (bicyclic) bond motifs is 1. The van der Waals surface area contributed by atoms with E-state index in [2.05, 4.69) is 17.2 Å². The van der Waals surface area contributed by atoms with Gasteiger partial charge in [0.1, 0.15) is 17.1 Å². The predicted molar refractivity (Wildman–Crippen MR) is 125 cm³/mol. The summed E-state index contributed by atoms with van der Waals surface area (Å²) in [6.45, 7) is 4.55. The molecule has 4 rings (SSSR count). The first-order valence-corrected chi connectivity index (χ1v) is 11.0. The highest BCUT2D eigenvalue weighted by Gasteiger charge is 2.15. The van der Waals surface area contributed by atoms with Crippen LogP contribution in [-0.4, -0.2) is 22.1 Å². The zero-order chi connectivity index (χ0) is 21.8. The van der Waals surface area contributed by atoms with Crippen LogP contribution in [0.15, 0.2) is 65.0 Å². The van der Waals surface area contributed by atoms with E-state index >= 15 is 0 Å². The van der Waals surface area contributed by atoms with Gasteiger partial charge in [0.2, 0.25) is 5.91 Å². The average Bonchev–Trinajstić information content (AvgIpc) is 3.21. The smallest absolute Gasteiger partial charge is 0.263 e. The van der Waals surface area contributed by atoms with Gasteiger partial charge in [0, 0.05) is 16.6 Å². The van der Waals surface area contributed by atoms with Crippen molar-refractivity contribution in [3.05, 3.63) is 76.2 Å². The lowest BCUT2D eigenvalue weighted by Gasteiger charge is -2.10. The van der Waals surface area contributed by atoms with Gasteiger partial charge in [-0.2, -0.15) is 0 Å². The lowest BCUT2D eigenvalue weighted by Crippen LogP contribution is -2.28. The second-order valence-electron chi connectivity index (χ2n) is 7.24. The van der Waals surface area contributed by atoms with Crippen LogP contribution in [0.3, 0.4) is 0 Å². The van der Waals surface area contributed by atoms with E-state index in [-0.39, 0.29) is 18.0 Å². The summed E-state index contributed by atoms with van der Waals surface area (Å²) in [7, 11) is 0. The Balaban J connectivity index is 1.61. The van der Waals surface area contributed by atoms with Gasteiger partial charge in [-0.15, -0.1) is 11.3 Å². The molecule has 158 valence electrons. The normalized spacial score (nSPS) is 10.9. The van der Waals surface area contributed by atoms with Crippen molar-refractivity contribution in [1.29, 1.82) is 0 Å². The van der Waals surface area contributed by atoms with Crippen LogP contribution in [0.2, 0.25) is 0 Å². The van der Waals surface area contributed by atoms with Gasteiger partial charge in [-0.05, 0) is 42.7 Å². The van der Waals surface area contributed by atoms with Crippen molar-refractivity contribution >= 4 is 33.1 Å². The van der Waals surface area contributed by atoms with E-state index in [1.54, 1.807) is 0 Å². The van der Waals surface area contributed by atoms with Crippen LogP contribution in [0, 0.1) is 6.92 Å². The van der Waals surface area contributed by atoms with Crippen molar-refractivity contribution in [2.75, 3.05) is 11.9 Å². The lowest BCUT2D eigenvalue weighted by atomic mass is 10.1. The van der Waals surface area contributed by atoms with Gasteiger partial charge < -0.3 is 10.1 Å². The highest BCUT2D eigenvalue weighted by Crippen LogP contribution is 2.31. The summed E-state index contributed by atoms with van der Waals surface area (Å²) in [5.74, 6) is 0.528. The van der Waals surface area contributed by atoms with Gasteiger partial charge in [0.05, 0.1) is 18.3 Å². The maximum absolute atomic E-state index is 13.2. The number of benzene rings is 2. The summed E-state index contributed by atoms with van der Waals surface area (Å²) in [4.78, 5) is 30.8. The number of nitrogens with zero attached hydrogens (tertiary/aromatic N) is 2. The van der Waals surface area contributed by atoms with Crippen LogP contribution < -0.4 is 15.6 Å². The second kappa shape index (κ2) is 9.14. The average molecular weight is 434 g/mol. The minimum Gasteiger partial charge on any atom is -0.494 e. The number of nitrogens with one attached hydrogen (secondary N) is 1. The number of carbonyl (C=O) groups is 1. The zero-order valence-electron chi connectivity index (χ0n) is 17.4. The Hall–Kier alpha value is -3.45. The van der Waals surface area contributed by atoms with E-state index in [9.17, 15) is 9.59 Å². The number of hydrogen-bond acceptors (Lipinski definition) is 5. The molecule has 6 nitrogen and oxygen atoms in total. The van der Waals surface area contributed by atoms with Crippen molar-refractivity contribution in [3.8, 4) is 16.9 Å². The molecule has 0 bridgehead atoms. The van der Waals surface area contributed by atoms with Crippen LogP contribution in [-0.2, 0) is 11.3 Å². The van der Waals surface area contributed by atoms with E-state index in [4.69, 9.17) is 4.74 Å². The molecule has 0 saturated heterocycles. The third-order valence-electron chi connectivity index (χ3n) is 4.93. The van der Waals surface area contributed by atoms with Gasteiger partial charge in [0.15, 0.2) is 0 Å². The molecule has 0 aliphatic carbocycles. The second-order valence-corrected chi connectivity index (χ2v) is 8.10. The van der Waals surface area contributed by atoms with E-state index < -0.39 is 0 Å². The Bertz CT molecular complexity index is 1280. The summed E-state index contributed by atoms with van der Waals surface area (Å²) in [5.41, 5.74) is 3.19. The van der Waals surface area contributed by atoms with Crippen LogP contribution in [0.25, 0.3) is 21.3 Å². The van der Waals surface area contributed by atoms with Gasteiger partial charge in [-0.3, -0.25) is 14.2 Å². The Kier molecular flexibility index (Phi) is 6.13. The largest absolute Gasteiger partial charge is 0.494 e. The van der Waals surface area contributed by atoms with Crippen LogP contribution >= 0.6 is 11.3 Å². The number of carbonyl (C=O) groups excluding carboxylic acids is 1. The third kappa shape index (κ3) is 4.51. The van der Waals surface area contributed by atoms with Crippen molar-refractivity contribution in [1.82, 2.24) is 9.55 Å². The van der Waals surface area contributed by atoms with E-state index in [0.717, 1.165) is 34.5 Å². The standard InChI is InChI=1S/C24H23N3O3S/c1-3-12-30-18-10-8-17(9-11-18)19-14-31-23-22(19)24(29)27(15-25-23)13-21(28)26-20-7-5-4-6-16(20)2/h4-11,14-15H,3,12-13H2,1-2H3,(H,26,28). The number of ether oxygens (including phenoxy) is 1. The number of anilines is 1. The number of aryl methyl sites for hydroxylation is 1. The topological polar surface area (TPSA) is 73.2 Å². The van der Waals surface area contributed by atoms with E-state index in [1.807, 2.05) is 60.8 Å². The van der Waals surface area contributed by atoms with E-state index in [1.165, 1.54) is 22.2 Å². The van der Waals surface area contributed by atoms with Crippen molar-refractivity contribution in [2.24, 2.45) is 0 Å². The number of aromatic nitrogens is 2. The first-order valence-electron chi connectivity index (χ1n) is 10.1. The minimum atomic E-state index is -0.272. The fourth-order valence-electron chi connectivity index (χ4n) is 3.30. The number of thiophene rings is 1. The lowest BCUT2D eigenvalue weighted by molar-refractivity contribution is -0.116. The Morgan fingerprint density at radius 1 is 1.16 bits per heavy atom. The zero-order valence-corrected chi connectivity index (χ0v) is 18.2. The fraction of sp³-hybridized carbons (Fsp3) is 0.208. The first-order chi connectivity index (χ1) is 15.1. The molecule has 0 atom stereocenters. The Morgan fingerprint density at radius 2 is 1.94 bits per heavy atom. The molecule has 0 aliphatic rings. The molecule has 7 heteroatoms. The molecule has 1 N–H and O–H groups in total. The molecule has 1 amide bonds. The summed E-state index contributed by atoms with van der Waals surface area (Å²) < 4.78 is 6.99. The Labute approximate surface area is 184 Å². The van der Waals surface area contributed by atoms with Crippen LogP contribution in [0.1, 0.15) is 18.9 Å². The third-order valence-corrected chi connectivity index (χ3v) is 5.82.